The van der Waals surface area contributed by atoms with Crippen molar-refractivity contribution in [1.29, 1.82) is 0 Å². The average Bonchev–Trinajstić information content (AvgIpc) is 2.36. The van der Waals surface area contributed by atoms with Crippen LogP contribution in [0.4, 0.5) is 0 Å². The van der Waals surface area contributed by atoms with Crippen LogP contribution in [0.1, 0.15) is 5.56 Å². The van der Waals surface area contributed by atoms with Crippen molar-refractivity contribution in [3.8, 4) is 17.2 Å². The molecule has 100 valence electrons. The van der Waals surface area contributed by atoms with Gasteiger partial charge in [0.05, 0.1) is 0 Å². The van der Waals surface area contributed by atoms with Crippen molar-refractivity contribution in [3.63, 3.8) is 0 Å². The maximum Gasteiger partial charge on any atom is 0.123 e. The van der Waals surface area contributed by atoms with Crippen LogP contribution in [0.2, 0.25) is 0 Å². The fraction of sp³-hybridized carbons (Fsp3) is 0.200. The molecule has 4 heteroatoms. The highest BCUT2D eigenvalue weighted by Gasteiger charge is 1.99. The predicted molar refractivity (Wildman–Crippen MR) is 78.0 cm³/mol. The average molecular weight is 323 g/mol. The monoisotopic (exact) mass is 322 g/mol. The summed E-state index contributed by atoms with van der Waals surface area (Å²) in [5.74, 6) is 1.67. The van der Waals surface area contributed by atoms with E-state index in [1.165, 1.54) is 0 Å². The minimum Gasteiger partial charge on any atom is -0.508 e. The Hall–Kier alpha value is -1.68. The number of aromatic hydroxyl groups is 1. The van der Waals surface area contributed by atoms with Gasteiger partial charge in [-0.15, -0.1) is 0 Å². The SMILES string of the molecule is Cc1cc(O)cc(OCCOc2ccc(Br)cc2)c1. The van der Waals surface area contributed by atoms with Crippen molar-refractivity contribution in [2.24, 2.45) is 0 Å². The van der Waals surface area contributed by atoms with Crippen LogP contribution in [-0.4, -0.2) is 18.3 Å². The van der Waals surface area contributed by atoms with Gasteiger partial charge in [0.25, 0.3) is 0 Å². The van der Waals surface area contributed by atoms with Gasteiger partial charge in [0, 0.05) is 10.5 Å². The van der Waals surface area contributed by atoms with Crippen LogP contribution in [0.25, 0.3) is 0 Å². The number of aryl methyl sites for hydroxylation is 1. The third-order valence-corrected chi connectivity index (χ3v) is 3.00. The van der Waals surface area contributed by atoms with Gasteiger partial charge in [-0.2, -0.15) is 0 Å². The van der Waals surface area contributed by atoms with Gasteiger partial charge in [-0.05, 0) is 48.9 Å². The van der Waals surface area contributed by atoms with E-state index in [1.54, 1.807) is 12.1 Å². The van der Waals surface area contributed by atoms with Crippen molar-refractivity contribution < 1.29 is 14.6 Å². The molecule has 0 aliphatic rings. The van der Waals surface area contributed by atoms with E-state index in [9.17, 15) is 5.11 Å². The van der Waals surface area contributed by atoms with Gasteiger partial charge in [-0.25, -0.2) is 0 Å². The minimum absolute atomic E-state index is 0.212. The molecule has 2 aromatic rings. The number of halogens is 1. The van der Waals surface area contributed by atoms with Crippen molar-refractivity contribution >= 4 is 15.9 Å². The van der Waals surface area contributed by atoms with Gasteiger partial charge in [0.1, 0.15) is 30.5 Å². The van der Waals surface area contributed by atoms with E-state index in [2.05, 4.69) is 15.9 Å². The highest BCUT2D eigenvalue weighted by Crippen LogP contribution is 2.21. The molecule has 1 N–H and O–H groups in total. The van der Waals surface area contributed by atoms with Crippen molar-refractivity contribution in [1.82, 2.24) is 0 Å². The topological polar surface area (TPSA) is 38.7 Å². The molecule has 2 aromatic carbocycles. The maximum absolute atomic E-state index is 9.44. The van der Waals surface area contributed by atoms with E-state index in [0.717, 1.165) is 15.8 Å². The molecule has 19 heavy (non-hydrogen) atoms. The van der Waals surface area contributed by atoms with E-state index >= 15 is 0 Å². The van der Waals surface area contributed by atoms with Gasteiger partial charge in [0.2, 0.25) is 0 Å². The molecular weight excluding hydrogens is 308 g/mol. The number of phenolic OH excluding ortho intramolecular Hbond substituents is 1. The number of benzene rings is 2. The second-order valence-electron chi connectivity index (χ2n) is 4.16. The van der Waals surface area contributed by atoms with Crippen LogP contribution >= 0.6 is 15.9 Å². The standard InChI is InChI=1S/C15H15BrO3/c1-11-8-13(17)10-15(9-11)19-7-6-18-14-4-2-12(16)3-5-14/h2-5,8-10,17H,6-7H2,1H3. The molecular formula is C15H15BrO3. The van der Waals surface area contributed by atoms with E-state index in [1.807, 2.05) is 37.3 Å². The molecule has 0 spiro atoms. The first kappa shape index (κ1) is 13.7. The molecule has 0 aliphatic heterocycles. The number of rotatable bonds is 5. The first-order valence-electron chi connectivity index (χ1n) is 5.95. The van der Waals surface area contributed by atoms with Crippen molar-refractivity contribution in [2.45, 2.75) is 6.92 Å². The summed E-state index contributed by atoms with van der Waals surface area (Å²) < 4.78 is 12.1. The second-order valence-corrected chi connectivity index (χ2v) is 5.07. The number of ether oxygens (including phenoxy) is 2. The molecule has 0 aromatic heterocycles. The van der Waals surface area contributed by atoms with Crippen molar-refractivity contribution in [3.05, 3.63) is 52.5 Å². The zero-order valence-corrected chi connectivity index (χ0v) is 12.2. The number of hydrogen-bond donors (Lipinski definition) is 1. The minimum atomic E-state index is 0.212. The van der Waals surface area contributed by atoms with E-state index in [-0.39, 0.29) is 5.75 Å². The highest BCUT2D eigenvalue weighted by molar-refractivity contribution is 9.10. The molecule has 0 radical (unpaired) electrons. The largest absolute Gasteiger partial charge is 0.508 e. The van der Waals surface area contributed by atoms with E-state index < -0.39 is 0 Å². The predicted octanol–water partition coefficient (Wildman–Crippen LogP) is 3.92. The summed E-state index contributed by atoms with van der Waals surface area (Å²) in [6.07, 6.45) is 0. The van der Waals surface area contributed by atoms with Gasteiger partial charge >= 0.3 is 0 Å². The summed E-state index contributed by atoms with van der Waals surface area (Å²) in [6, 6.07) is 12.8. The first-order chi connectivity index (χ1) is 9.13. The smallest absolute Gasteiger partial charge is 0.123 e. The van der Waals surface area contributed by atoms with Crippen LogP contribution in [0.3, 0.4) is 0 Å². The zero-order chi connectivity index (χ0) is 13.7. The van der Waals surface area contributed by atoms with Crippen LogP contribution in [0.15, 0.2) is 46.9 Å². The Morgan fingerprint density at radius 2 is 1.58 bits per heavy atom. The van der Waals surface area contributed by atoms with E-state index in [4.69, 9.17) is 9.47 Å². The number of hydrogen-bond acceptors (Lipinski definition) is 3. The molecule has 2 rings (SSSR count). The summed E-state index contributed by atoms with van der Waals surface area (Å²) >= 11 is 3.37. The van der Waals surface area contributed by atoms with Gasteiger partial charge in [-0.3, -0.25) is 0 Å². The van der Waals surface area contributed by atoms with Crippen LogP contribution in [0.5, 0.6) is 17.2 Å². The lowest BCUT2D eigenvalue weighted by atomic mass is 10.2. The van der Waals surface area contributed by atoms with Crippen LogP contribution in [-0.2, 0) is 0 Å². The molecule has 0 fully saturated rings. The Labute approximate surface area is 120 Å². The number of phenols is 1. The molecule has 0 bridgehead atoms. The van der Waals surface area contributed by atoms with E-state index in [0.29, 0.717) is 19.0 Å². The lowest BCUT2D eigenvalue weighted by molar-refractivity contribution is 0.216. The molecule has 0 unspecified atom stereocenters. The molecule has 3 nitrogen and oxygen atoms in total. The molecule has 0 atom stereocenters. The second kappa shape index (κ2) is 6.48. The Balaban J connectivity index is 1.79. The highest BCUT2D eigenvalue weighted by atomic mass is 79.9. The quantitative estimate of drug-likeness (QED) is 0.848. The summed E-state index contributed by atoms with van der Waals surface area (Å²) in [7, 11) is 0. The third-order valence-electron chi connectivity index (χ3n) is 2.47. The Morgan fingerprint density at radius 3 is 2.21 bits per heavy atom. The Bertz CT molecular complexity index is 517. The maximum atomic E-state index is 9.44. The summed E-state index contributed by atoms with van der Waals surface area (Å²) in [6.45, 7) is 2.79. The lowest BCUT2D eigenvalue weighted by Gasteiger charge is -2.09. The summed E-state index contributed by atoms with van der Waals surface area (Å²) in [5.41, 5.74) is 0.962. The van der Waals surface area contributed by atoms with Gasteiger partial charge < -0.3 is 14.6 Å². The molecule has 0 heterocycles. The van der Waals surface area contributed by atoms with Crippen LogP contribution in [0, 0.1) is 6.92 Å². The molecule has 0 aliphatic carbocycles. The first-order valence-corrected chi connectivity index (χ1v) is 6.74. The normalized spacial score (nSPS) is 10.2. The fourth-order valence-electron chi connectivity index (χ4n) is 1.66. The van der Waals surface area contributed by atoms with Gasteiger partial charge in [0.15, 0.2) is 0 Å². The van der Waals surface area contributed by atoms with Gasteiger partial charge in [-0.1, -0.05) is 15.9 Å². The lowest BCUT2D eigenvalue weighted by Crippen LogP contribution is -2.08. The van der Waals surface area contributed by atoms with Crippen LogP contribution < -0.4 is 9.47 Å². The summed E-state index contributed by atoms with van der Waals surface area (Å²) in [5, 5.41) is 9.44. The molecule has 0 saturated carbocycles. The molecule has 0 amide bonds. The zero-order valence-electron chi connectivity index (χ0n) is 10.6. The third kappa shape index (κ3) is 4.48. The Kier molecular flexibility index (Phi) is 4.68. The Morgan fingerprint density at radius 1 is 0.947 bits per heavy atom. The molecule has 0 saturated heterocycles. The summed E-state index contributed by atoms with van der Waals surface area (Å²) in [4.78, 5) is 0. The fourth-order valence-corrected chi connectivity index (χ4v) is 1.93. The van der Waals surface area contributed by atoms with Crippen molar-refractivity contribution in [2.75, 3.05) is 13.2 Å².